The first-order valence-electron chi connectivity index (χ1n) is 17.3. The van der Waals surface area contributed by atoms with E-state index in [2.05, 4.69) is 26.1 Å². The Kier molecular flexibility index (Phi) is 34.2. The van der Waals surface area contributed by atoms with E-state index in [0.29, 0.717) is 6.61 Å². The average Bonchev–Trinajstić information content (AvgIpc) is 3.01. The van der Waals surface area contributed by atoms with Gasteiger partial charge in [-0.1, -0.05) is 62.3 Å². The number of carbonyl (C=O) groups excluding carboxylic acids is 4. The topological polar surface area (TPSA) is 137 Å². The summed E-state index contributed by atoms with van der Waals surface area (Å²) in [6.45, 7) is 28.1. The molecule has 0 saturated heterocycles. The molecular formula is C36H73NO9S. The van der Waals surface area contributed by atoms with Gasteiger partial charge in [-0.25, -0.2) is 0 Å². The fourth-order valence-electron chi connectivity index (χ4n) is 3.75. The Hall–Kier alpha value is -1.37. The Balaban J connectivity index is -0.00000145. The van der Waals surface area contributed by atoms with Gasteiger partial charge in [0.05, 0.1) is 58.3 Å². The van der Waals surface area contributed by atoms with Crippen molar-refractivity contribution < 1.29 is 43.2 Å². The van der Waals surface area contributed by atoms with Crippen molar-refractivity contribution in [2.24, 2.45) is 11.8 Å². The number of nitrogens with one attached hydrogen (secondary N) is 1. The molecule has 0 aromatic carbocycles. The van der Waals surface area contributed by atoms with Gasteiger partial charge in [-0.3, -0.25) is 19.2 Å². The summed E-state index contributed by atoms with van der Waals surface area (Å²) in [6, 6.07) is 0. The average molecular weight is 696 g/mol. The van der Waals surface area contributed by atoms with E-state index in [1.54, 1.807) is 11.8 Å². The predicted molar refractivity (Wildman–Crippen MR) is 195 cm³/mol. The summed E-state index contributed by atoms with van der Waals surface area (Å²) < 4.78 is 23.7. The summed E-state index contributed by atoms with van der Waals surface area (Å²) in [6.07, 6.45) is 0.836. The molecule has 0 aromatic heterocycles. The molecule has 47 heavy (non-hydrogen) atoms. The lowest BCUT2D eigenvalue weighted by Crippen LogP contribution is -2.59. The highest BCUT2D eigenvalue weighted by atomic mass is 32.2. The third-order valence-electron chi connectivity index (χ3n) is 6.34. The number of rotatable bonds is 25. The summed E-state index contributed by atoms with van der Waals surface area (Å²) in [4.78, 5) is 49.1. The summed E-state index contributed by atoms with van der Waals surface area (Å²) in [5, 5.41) is 10.1. The third-order valence-corrected chi connectivity index (χ3v) is 7.53. The van der Waals surface area contributed by atoms with E-state index < -0.39 is 11.1 Å². The second kappa shape index (κ2) is 30.7. The zero-order valence-corrected chi connectivity index (χ0v) is 33.6. The van der Waals surface area contributed by atoms with E-state index in [0.717, 1.165) is 12.9 Å². The van der Waals surface area contributed by atoms with Gasteiger partial charge in [0.1, 0.15) is 22.9 Å². The standard InChI is InChI=1S/C31H57NO8S.2C2H6.CH4O/c1-11-41-30(9,10)19-40-29(7,8)18-28(36)32-31(20-37-15-12-25(6)33,21-38-16-13-26(34)23(2)3)22-39-17-14-27(35)24(4)5;3*1-2/h23-24H,11-22H2,1-10H3,(H,32,36);2*1-2H3;2H,1H3. The van der Waals surface area contributed by atoms with Crippen molar-refractivity contribution in [2.45, 2.75) is 139 Å². The monoisotopic (exact) mass is 696 g/mol. The number of Topliss-reactive ketones (excluding diaryl/α,β-unsaturated/α-hetero) is 3. The fourth-order valence-corrected chi connectivity index (χ4v) is 4.68. The van der Waals surface area contributed by atoms with Crippen molar-refractivity contribution >= 4 is 35.0 Å². The molecule has 0 aliphatic carbocycles. The minimum atomic E-state index is -1.09. The number of aliphatic hydroxyl groups is 1. The number of amides is 1. The maximum absolute atomic E-state index is 13.4. The molecule has 10 nitrogen and oxygen atoms in total. The van der Waals surface area contributed by atoms with Crippen LogP contribution in [0.15, 0.2) is 0 Å². The Morgan fingerprint density at radius 1 is 0.702 bits per heavy atom. The molecule has 11 heteroatoms. The molecule has 0 bridgehead atoms. The second-order valence-corrected chi connectivity index (χ2v) is 14.6. The van der Waals surface area contributed by atoms with Gasteiger partial charge in [0.25, 0.3) is 0 Å². The molecule has 0 fully saturated rings. The molecule has 0 aromatic rings. The van der Waals surface area contributed by atoms with E-state index in [9.17, 15) is 19.2 Å². The first-order chi connectivity index (χ1) is 21.9. The second-order valence-electron chi connectivity index (χ2n) is 12.6. The summed E-state index contributed by atoms with van der Waals surface area (Å²) in [5.74, 6) is 0.678. The Bertz CT molecular complexity index is 786. The quantitative estimate of drug-likeness (QED) is 0.102. The number of ether oxygens (including phenoxy) is 4. The van der Waals surface area contributed by atoms with Gasteiger partial charge in [-0.05, 0) is 40.4 Å². The van der Waals surface area contributed by atoms with Crippen LogP contribution in [0.3, 0.4) is 0 Å². The van der Waals surface area contributed by atoms with E-state index in [-0.39, 0.29) is 105 Å². The van der Waals surface area contributed by atoms with Crippen molar-refractivity contribution in [1.82, 2.24) is 5.32 Å². The number of carbonyl (C=O) groups is 4. The molecule has 0 heterocycles. The third kappa shape index (κ3) is 30.4. The Labute approximate surface area is 292 Å². The van der Waals surface area contributed by atoms with Crippen LogP contribution in [0.1, 0.15) is 123 Å². The van der Waals surface area contributed by atoms with Gasteiger partial charge in [-0.15, -0.1) is 0 Å². The maximum Gasteiger partial charge on any atom is 0.223 e. The number of thioether (sulfide) groups is 1. The zero-order valence-electron chi connectivity index (χ0n) is 32.8. The highest BCUT2D eigenvalue weighted by molar-refractivity contribution is 8.00. The molecule has 282 valence electrons. The van der Waals surface area contributed by atoms with Crippen LogP contribution in [0.25, 0.3) is 0 Å². The molecule has 1 amide bonds. The molecule has 0 aliphatic rings. The molecule has 0 rings (SSSR count). The lowest BCUT2D eigenvalue weighted by Gasteiger charge is -2.36. The number of hydrogen-bond acceptors (Lipinski definition) is 10. The molecule has 2 N–H and O–H groups in total. The van der Waals surface area contributed by atoms with Crippen LogP contribution in [-0.2, 0) is 38.1 Å². The minimum absolute atomic E-state index is 0.00501. The van der Waals surface area contributed by atoms with Crippen LogP contribution in [0.4, 0.5) is 0 Å². The van der Waals surface area contributed by atoms with E-state index in [4.69, 9.17) is 24.1 Å². The Morgan fingerprint density at radius 2 is 1.09 bits per heavy atom. The van der Waals surface area contributed by atoms with Crippen molar-refractivity contribution in [3.8, 4) is 0 Å². The van der Waals surface area contributed by atoms with Crippen LogP contribution < -0.4 is 5.32 Å². The summed E-state index contributed by atoms with van der Waals surface area (Å²) in [7, 11) is 1.00. The predicted octanol–water partition coefficient (Wildman–Crippen LogP) is 6.48. The van der Waals surface area contributed by atoms with Crippen molar-refractivity contribution in [2.75, 3.05) is 59.1 Å². The van der Waals surface area contributed by atoms with Crippen LogP contribution in [0, 0.1) is 11.8 Å². The van der Waals surface area contributed by atoms with Crippen LogP contribution in [-0.4, -0.2) is 103 Å². The van der Waals surface area contributed by atoms with Gasteiger partial charge in [0, 0.05) is 43.0 Å². The molecule has 0 unspecified atom stereocenters. The number of aliphatic hydroxyl groups excluding tert-OH is 1. The molecule has 0 spiro atoms. The molecule has 0 atom stereocenters. The van der Waals surface area contributed by atoms with Gasteiger partial charge < -0.3 is 29.4 Å². The lowest BCUT2D eigenvalue weighted by molar-refractivity contribution is -0.135. The fraction of sp³-hybridized carbons (Fsp3) is 0.889. The summed E-state index contributed by atoms with van der Waals surface area (Å²) >= 11 is 1.80. The van der Waals surface area contributed by atoms with Crippen molar-refractivity contribution in [3.63, 3.8) is 0 Å². The molecule has 0 radical (unpaired) electrons. The highest BCUT2D eigenvalue weighted by Crippen LogP contribution is 2.27. The first-order valence-corrected chi connectivity index (χ1v) is 18.2. The number of ketones is 3. The largest absolute Gasteiger partial charge is 0.400 e. The van der Waals surface area contributed by atoms with E-state index >= 15 is 0 Å². The molecule has 0 saturated carbocycles. The highest BCUT2D eigenvalue weighted by Gasteiger charge is 2.36. The SMILES string of the molecule is CC.CC.CCSC(C)(C)COC(C)(C)CC(=O)NC(COCCC(C)=O)(COCCC(=O)C(C)C)COCCC(=O)C(C)C.CO. The normalized spacial score (nSPS) is 11.4. The molecular weight excluding hydrogens is 622 g/mol. The van der Waals surface area contributed by atoms with Crippen molar-refractivity contribution in [1.29, 1.82) is 0 Å². The van der Waals surface area contributed by atoms with Crippen LogP contribution in [0.2, 0.25) is 0 Å². The zero-order chi connectivity index (χ0) is 37.7. The van der Waals surface area contributed by atoms with Gasteiger partial charge in [0.15, 0.2) is 0 Å². The van der Waals surface area contributed by atoms with Crippen LogP contribution >= 0.6 is 11.8 Å². The van der Waals surface area contributed by atoms with Crippen molar-refractivity contribution in [3.05, 3.63) is 0 Å². The maximum atomic E-state index is 13.4. The minimum Gasteiger partial charge on any atom is -0.400 e. The first kappa shape index (κ1) is 52.4. The number of hydrogen-bond donors (Lipinski definition) is 2. The van der Waals surface area contributed by atoms with Gasteiger partial charge >= 0.3 is 0 Å². The van der Waals surface area contributed by atoms with Crippen LogP contribution in [0.5, 0.6) is 0 Å². The van der Waals surface area contributed by atoms with Gasteiger partial charge in [-0.2, -0.15) is 11.8 Å². The molecule has 0 aliphatic heterocycles. The smallest absolute Gasteiger partial charge is 0.223 e. The Morgan fingerprint density at radius 3 is 1.43 bits per heavy atom. The van der Waals surface area contributed by atoms with Gasteiger partial charge in [0.2, 0.25) is 5.91 Å². The van der Waals surface area contributed by atoms with E-state index in [1.165, 1.54) is 6.92 Å². The summed E-state index contributed by atoms with van der Waals surface area (Å²) in [5.41, 5.74) is -1.82. The van der Waals surface area contributed by atoms with E-state index in [1.807, 2.05) is 69.2 Å². The lowest BCUT2D eigenvalue weighted by atomic mass is 9.99.